The summed E-state index contributed by atoms with van der Waals surface area (Å²) in [4.78, 5) is 0. The molecular weight excluding hydrogens is 236 g/mol. The van der Waals surface area contributed by atoms with Crippen molar-refractivity contribution in [1.29, 1.82) is 0 Å². The van der Waals surface area contributed by atoms with Gasteiger partial charge in [-0.2, -0.15) is 0 Å². The Balaban J connectivity index is 2.24. The van der Waals surface area contributed by atoms with E-state index >= 15 is 0 Å². The third-order valence-electron chi connectivity index (χ3n) is 4.09. The molecule has 1 aliphatic rings. The second-order valence-corrected chi connectivity index (χ2v) is 5.94. The van der Waals surface area contributed by atoms with Gasteiger partial charge in [0.05, 0.1) is 13.2 Å². The zero-order valence-electron chi connectivity index (χ0n) is 13.2. The van der Waals surface area contributed by atoms with Gasteiger partial charge in [-0.3, -0.25) is 0 Å². The molecule has 1 fully saturated rings. The Bertz CT molecular complexity index is 197. The van der Waals surface area contributed by atoms with Gasteiger partial charge in [-0.15, -0.1) is 0 Å². The van der Waals surface area contributed by atoms with Gasteiger partial charge in [-0.25, -0.2) is 0 Å². The van der Waals surface area contributed by atoms with Gasteiger partial charge in [0, 0.05) is 12.8 Å². The molecule has 1 aliphatic heterocycles. The summed E-state index contributed by atoms with van der Waals surface area (Å²) in [7, 11) is 0. The van der Waals surface area contributed by atoms with E-state index in [1.807, 2.05) is 0 Å². The Hall–Kier alpha value is -0.0800. The van der Waals surface area contributed by atoms with Crippen LogP contribution in [0.25, 0.3) is 0 Å². The van der Waals surface area contributed by atoms with Crippen LogP contribution in [0, 0.1) is 0 Å². The van der Waals surface area contributed by atoms with E-state index in [0.717, 1.165) is 32.5 Å². The summed E-state index contributed by atoms with van der Waals surface area (Å²) in [5.41, 5.74) is 0. The van der Waals surface area contributed by atoms with E-state index in [0.29, 0.717) is 0 Å². The number of rotatable bonds is 11. The molecule has 2 heteroatoms. The van der Waals surface area contributed by atoms with Gasteiger partial charge in [-0.05, 0) is 19.3 Å². The van der Waals surface area contributed by atoms with Crippen LogP contribution in [-0.2, 0) is 9.47 Å². The number of unbranched alkanes of at least 4 members (excludes halogenated alkanes) is 7. The second kappa shape index (κ2) is 10.7. The van der Waals surface area contributed by atoms with Gasteiger partial charge in [0.1, 0.15) is 0 Å². The first-order chi connectivity index (χ1) is 9.33. The van der Waals surface area contributed by atoms with Crippen LogP contribution in [-0.4, -0.2) is 19.0 Å². The van der Waals surface area contributed by atoms with Gasteiger partial charge in [0.15, 0.2) is 5.79 Å². The van der Waals surface area contributed by atoms with E-state index in [1.165, 1.54) is 57.8 Å². The Labute approximate surface area is 120 Å². The largest absolute Gasteiger partial charge is 0.350 e. The molecule has 0 radical (unpaired) electrons. The molecular formula is C17H34O2. The molecule has 0 saturated carbocycles. The van der Waals surface area contributed by atoms with Crippen molar-refractivity contribution in [2.24, 2.45) is 0 Å². The Morgan fingerprint density at radius 1 is 0.684 bits per heavy atom. The molecule has 0 aromatic heterocycles. The van der Waals surface area contributed by atoms with Gasteiger partial charge in [-0.1, -0.05) is 58.8 Å². The minimum absolute atomic E-state index is 0.224. The molecule has 1 saturated heterocycles. The molecule has 0 spiro atoms. The summed E-state index contributed by atoms with van der Waals surface area (Å²) in [6.07, 6.45) is 15.1. The van der Waals surface area contributed by atoms with Gasteiger partial charge in [0.2, 0.25) is 0 Å². The smallest absolute Gasteiger partial charge is 0.168 e. The summed E-state index contributed by atoms with van der Waals surface area (Å²) in [6, 6.07) is 0. The average Bonchev–Trinajstić information content (AvgIpc) is 2.45. The fraction of sp³-hybridized carbons (Fsp3) is 1.00. The van der Waals surface area contributed by atoms with Crippen LogP contribution < -0.4 is 0 Å². The fourth-order valence-electron chi connectivity index (χ4n) is 2.85. The van der Waals surface area contributed by atoms with Crippen LogP contribution >= 0.6 is 0 Å². The lowest BCUT2D eigenvalue weighted by Crippen LogP contribution is -2.40. The second-order valence-electron chi connectivity index (χ2n) is 5.94. The molecule has 2 nitrogen and oxygen atoms in total. The quantitative estimate of drug-likeness (QED) is 0.465. The molecule has 19 heavy (non-hydrogen) atoms. The number of hydrogen-bond donors (Lipinski definition) is 0. The summed E-state index contributed by atoms with van der Waals surface area (Å²) in [6.45, 7) is 6.31. The molecule has 0 atom stereocenters. The first kappa shape index (κ1) is 17.0. The van der Waals surface area contributed by atoms with Crippen molar-refractivity contribution in [1.82, 2.24) is 0 Å². The first-order valence-electron chi connectivity index (χ1n) is 8.61. The predicted octanol–water partition coefficient (Wildman–Crippen LogP) is 5.45. The maximum absolute atomic E-state index is 6.03. The van der Waals surface area contributed by atoms with Crippen LogP contribution in [0.15, 0.2) is 0 Å². The maximum atomic E-state index is 6.03. The lowest BCUT2D eigenvalue weighted by Gasteiger charge is -2.37. The van der Waals surface area contributed by atoms with E-state index < -0.39 is 0 Å². The van der Waals surface area contributed by atoms with Crippen LogP contribution in [0.2, 0.25) is 0 Å². The van der Waals surface area contributed by atoms with Crippen LogP contribution in [0.5, 0.6) is 0 Å². The zero-order chi connectivity index (χ0) is 13.8. The molecule has 0 aromatic carbocycles. The number of ether oxygens (including phenoxy) is 2. The standard InChI is InChI=1S/C17H34O2/c1-3-5-7-9-11-14-17(13-10-8-6-4-2)18-15-12-16-19-17/h3-16H2,1-2H3. The van der Waals surface area contributed by atoms with Crippen molar-refractivity contribution >= 4 is 0 Å². The summed E-state index contributed by atoms with van der Waals surface area (Å²) < 4.78 is 12.1. The van der Waals surface area contributed by atoms with Gasteiger partial charge >= 0.3 is 0 Å². The fourth-order valence-corrected chi connectivity index (χ4v) is 2.85. The molecule has 0 aromatic rings. The lowest BCUT2D eigenvalue weighted by molar-refractivity contribution is -0.274. The summed E-state index contributed by atoms with van der Waals surface area (Å²) in [5.74, 6) is -0.224. The highest BCUT2D eigenvalue weighted by Gasteiger charge is 2.33. The van der Waals surface area contributed by atoms with Crippen molar-refractivity contribution < 1.29 is 9.47 Å². The summed E-state index contributed by atoms with van der Waals surface area (Å²) >= 11 is 0. The monoisotopic (exact) mass is 270 g/mol. The molecule has 0 unspecified atom stereocenters. The molecule has 114 valence electrons. The topological polar surface area (TPSA) is 18.5 Å². The SMILES string of the molecule is CCCCCCCC1(CCCCCC)OCCCO1. The average molecular weight is 270 g/mol. The lowest BCUT2D eigenvalue weighted by atomic mass is 9.98. The van der Waals surface area contributed by atoms with Crippen molar-refractivity contribution in [3.05, 3.63) is 0 Å². The van der Waals surface area contributed by atoms with E-state index in [-0.39, 0.29) is 5.79 Å². The predicted molar refractivity (Wildman–Crippen MR) is 81.4 cm³/mol. The molecule has 1 heterocycles. The van der Waals surface area contributed by atoms with Crippen LogP contribution in [0.3, 0.4) is 0 Å². The van der Waals surface area contributed by atoms with Gasteiger partial charge in [0.25, 0.3) is 0 Å². The number of hydrogen-bond acceptors (Lipinski definition) is 2. The molecule has 0 bridgehead atoms. The highest BCUT2D eigenvalue weighted by Crippen LogP contribution is 2.31. The van der Waals surface area contributed by atoms with Crippen molar-refractivity contribution in [3.63, 3.8) is 0 Å². The summed E-state index contributed by atoms with van der Waals surface area (Å²) in [5, 5.41) is 0. The van der Waals surface area contributed by atoms with E-state index in [9.17, 15) is 0 Å². The molecule has 0 N–H and O–H groups in total. The highest BCUT2D eigenvalue weighted by atomic mass is 16.7. The van der Waals surface area contributed by atoms with E-state index in [1.54, 1.807) is 0 Å². The normalized spacial score (nSPS) is 18.6. The highest BCUT2D eigenvalue weighted by molar-refractivity contribution is 4.73. The van der Waals surface area contributed by atoms with Crippen LogP contribution in [0.1, 0.15) is 90.9 Å². The van der Waals surface area contributed by atoms with Gasteiger partial charge < -0.3 is 9.47 Å². The Morgan fingerprint density at radius 2 is 1.16 bits per heavy atom. The van der Waals surface area contributed by atoms with Crippen molar-refractivity contribution in [2.45, 2.75) is 96.7 Å². The maximum Gasteiger partial charge on any atom is 0.168 e. The molecule has 1 rings (SSSR count). The minimum atomic E-state index is -0.224. The third kappa shape index (κ3) is 7.31. The first-order valence-corrected chi connectivity index (χ1v) is 8.61. The van der Waals surface area contributed by atoms with Crippen LogP contribution in [0.4, 0.5) is 0 Å². The van der Waals surface area contributed by atoms with Crippen molar-refractivity contribution in [2.75, 3.05) is 13.2 Å². The zero-order valence-corrected chi connectivity index (χ0v) is 13.2. The minimum Gasteiger partial charge on any atom is -0.350 e. The van der Waals surface area contributed by atoms with E-state index in [2.05, 4.69) is 13.8 Å². The third-order valence-corrected chi connectivity index (χ3v) is 4.09. The Morgan fingerprint density at radius 3 is 1.68 bits per heavy atom. The molecule has 0 aliphatic carbocycles. The Kier molecular flexibility index (Phi) is 9.54. The van der Waals surface area contributed by atoms with Crippen molar-refractivity contribution in [3.8, 4) is 0 Å². The molecule has 0 amide bonds. The van der Waals surface area contributed by atoms with E-state index in [4.69, 9.17) is 9.47 Å².